The van der Waals surface area contributed by atoms with E-state index in [0.717, 1.165) is 29.3 Å². The van der Waals surface area contributed by atoms with Gasteiger partial charge in [-0.1, -0.05) is 30.7 Å². The number of aryl methyl sites for hydroxylation is 1. The number of nitrogens with zero attached hydrogens (tertiary/aromatic N) is 8. The van der Waals surface area contributed by atoms with Gasteiger partial charge >= 0.3 is 6.18 Å². The number of carbonyl (C=O) groups excluding carboxylic acids is 2. The van der Waals surface area contributed by atoms with Gasteiger partial charge in [-0.3, -0.25) is 19.0 Å². The molecule has 0 unspecified atom stereocenters. The number of ether oxygens (including phenoxy) is 1. The number of hydrogen-bond donors (Lipinski definition) is 2. The van der Waals surface area contributed by atoms with E-state index in [-0.39, 0.29) is 77.0 Å². The minimum atomic E-state index is -4.62. The van der Waals surface area contributed by atoms with Crippen molar-refractivity contribution >= 4 is 40.6 Å². The maximum atomic E-state index is 14.8. The molecule has 1 saturated heterocycles. The number of nitrogens with one attached hydrogen (secondary N) is 1. The predicted molar refractivity (Wildman–Crippen MR) is 201 cm³/mol. The van der Waals surface area contributed by atoms with Gasteiger partial charge in [0.05, 0.1) is 45.9 Å². The first-order valence-corrected chi connectivity index (χ1v) is 19.0. The number of aromatic hydroxyl groups is 1. The lowest BCUT2D eigenvalue weighted by molar-refractivity contribution is -0.137. The molecule has 2 N–H and O–H groups in total. The van der Waals surface area contributed by atoms with Crippen LogP contribution in [0.2, 0.25) is 5.02 Å². The highest BCUT2D eigenvalue weighted by atomic mass is 35.5. The van der Waals surface area contributed by atoms with Crippen molar-refractivity contribution in [1.29, 1.82) is 0 Å². The van der Waals surface area contributed by atoms with Crippen LogP contribution >= 0.6 is 11.6 Å². The lowest BCUT2D eigenvalue weighted by Gasteiger charge is -2.54. The molecule has 0 spiro atoms. The zero-order valence-electron chi connectivity index (χ0n) is 31.3. The van der Waals surface area contributed by atoms with Crippen LogP contribution in [0.25, 0.3) is 17.2 Å². The number of amides is 2. The van der Waals surface area contributed by atoms with E-state index >= 15 is 0 Å². The number of aromatic nitrogens is 6. The first kappa shape index (κ1) is 37.1. The fraction of sp³-hybridized carbons (Fsp3) is 0.410. The molecule has 4 aliphatic rings. The quantitative estimate of drug-likeness (QED) is 0.217. The maximum Gasteiger partial charge on any atom is 0.416 e. The van der Waals surface area contributed by atoms with Crippen molar-refractivity contribution in [3.05, 3.63) is 91.9 Å². The van der Waals surface area contributed by atoms with E-state index < -0.39 is 40.8 Å². The Labute approximate surface area is 328 Å². The van der Waals surface area contributed by atoms with E-state index in [0.29, 0.717) is 36.4 Å². The smallest absolute Gasteiger partial charge is 0.416 e. The zero-order valence-corrected chi connectivity index (χ0v) is 32.0. The molecule has 4 atom stereocenters. The Kier molecular flexibility index (Phi) is 8.44. The number of alkyl halides is 3. The van der Waals surface area contributed by atoms with Gasteiger partial charge in [-0.2, -0.15) is 22.7 Å². The van der Waals surface area contributed by atoms with Crippen LogP contribution in [0.5, 0.6) is 5.75 Å². The van der Waals surface area contributed by atoms with Gasteiger partial charge in [0.1, 0.15) is 18.1 Å². The molecule has 5 aromatic rings. The van der Waals surface area contributed by atoms with E-state index in [1.807, 2.05) is 43.9 Å². The van der Waals surface area contributed by atoms with Crippen molar-refractivity contribution in [2.45, 2.75) is 89.4 Å². The molecule has 2 amide bonds. The third-order valence-electron chi connectivity index (χ3n) is 11.9. The molecular formula is C39H37ClF3N9O5. The highest BCUT2D eigenvalue weighted by Crippen LogP contribution is 2.46. The number of benzene rings is 2. The van der Waals surface area contributed by atoms with Crippen LogP contribution in [-0.2, 0) is 27.9 Å². The molecule has 18 heteroatoms. The summed E-state index contributed by atoms with van der Waals surface area (Å²) in [5.74, 6) is -1.23. The van der Waals surface area contributed by atoms with Gasteiger partial charge in [-0.05, 0) is 75.4 Å². The Morgan fingerprint density at radius 1 is 1.07 bits per heavy atom. The summed E-state index contributed by atoms with van der Waals surface area (Å²) in [4.78, 5) is 59.4. The highest BCUT2D eigenvalue weighted by Gasteiger charge is 2.49. The Morgan fingerprint density at radius 2 is 1.84 bits per heavy atom. The van der Waals surface area contributed by atoms with Crippen molar-refractivity contribution in [1.82, 2.24) is 34.0 Å². The van der Waals surface area contributed by atoms with Gasteiger partial charge in [-0.25, -0.2) is 9.97 Å². The summed E-state index contributed by atoms with van der Waals surface area (Å²) >= 11 is 6.26. The van der Waals surface area contributed by atoms with E-state index in [1.54, 1.807) is 16.4 Å². The summed E-state index contributed by atoms with van der Waals surface area (Å²) in [5.41, 5.74) is 1.87. The maximum absolute atomic E-state index is 14.8. The zero-order chi connectivity index (χ0) is 40.3. The van der Waals surface area contributed by atoms with Crippen molar-refractivity contribution in [2.75, 3.05) is 23.3 Å². The van der Waals surface area contributed by atoms with E-state index in [2.05, 4.69) is 15.3 Å². The Balaban J connectivity index is 1.14. The van der Waals surface area contributed by atoms with Gasteiger partial charge in [0.2, 0.25) is 11.7 Å². The summed E-state index contributed by atoms with van der Waals surface area (Å²) in [6.45, 7) is 8.34. The second-order valence-corrected chi connectivity index (χ2v) is 16.0. The van der Waals surface area contributed by atoms with Crippen LogP contribution in [0, 0.1) is 6.92 Å². The molecule has 3 aromatic heterocycles. The number of carbonyl (C=O) groups is 2. The van der Waals surface area contributed by atoms with Gasteiger partial charge in [0.15, 0.2) is 17.3 Å². The van der Waals surface area contributed by atoms with Crippen molar-refractivity contribution in [2.24, 2.45) is 0 Å². The summed E-state index contributed by atoms with van der Waals surface area (Å²) in [6, 6.07) is 6.96. The average Bonchev–Trinajstić information content (AvgIpc) is 3.83. The molecular weight excluding hydrogens is 767 g/mol. The van der Waals surface area contributed by atoms with Crippen molar-refractivity contribution < 1.29 is 32.6 Å². The van der Waals surface area contributed by atoms with Crippen LogP contribution in [-0.4, -0.2) is 76.1 Å². The number of hydrogen-bond acceptors (Lipinski definition) is 10. The molecule has 6 heterocycles. The number of piperazine rings is 1. The fourth-order valence-electron chi connectivity index (χ4n) is 8.79. The van der Waals surface area contributed by atoms with Crippen molar-refractivity contribution in [3.63, 3.8) is 0 Å². The normalized spacial score (nSPS) is 22.2. The summed E-state index contributed by atoms with van der Waals surface area (Å²) < 4.78 is 49.1. The molecule has 0 bridgehead atoms. The Morgan fingerprint density at radius 3 is 2.56 bits per heavy atom. The van der Waals surface area contributed by atoms with Crippen LogP contribution in [0.15, 0.2) is 47.5 Å². The minimum absolute atomic E-state index is 0.00140. The van der Waals surface area contributed by atoms with E-state index in [9.17, 15) is 32.7 Å². The lowest BCUT2D eigenvalue weighted by Crippen LogP contribution is -2.67. The monoisotopic (exact) mass is 803 g/mol. The van der Waals surface area contributed by atoms with E-state index in [1.165, 1.54) is 10.8 Å². The van der Waals surface area contributed by atoms with Gasteiger partial charge in [0.25, 0.3) is 11.5 Å². The molecule has 1 aliphatic carbocycles. The van der Waals surface area contributed by atoms with Gasteiger partial charge in [0, 0.05) is 30.6 Å². The second-order valence-electron chi connectivity index (χ2n) is 15.6. The van der Waals surface area contributed by atoms with Crippen LogP contribution in [0.3, 0.4) is 0 Å². The third-order valence-corrected chi connectivity index (χ3v) is 12.2. The lowest BCUT2D eigenvalue weighted by atomic mass is 9.81. The average molecular weight is 804 g/mol. The molecule has 0 radical (unpaired) electrons. The minimum Gasteiger partial charge on any atom is -0.504 e. The molecule has 9 rings (SSSR count). The Hall–Kier alpha value is -5.55. The highest BCUT2D eigenvalue weighted by molar-refractivity contribution is 6.33. The summed E-state index contributed by atoms with van der Waals surface area (Å²) in [6.07, 6.45) is -1.82. The van der Waals surface area contributed by atoms with E-state index in [4.69, 9.17) is 26.4 Å². The molecule has 1 saturated carbocycles. The van der Waals surface area contributed by atoms with Crippen molar-refractivity contribution in [3.8, 4) is 17.1 Å². The summed E-state index contributed by atoms with van der Waals surface area (Å²) in [7, 11) is 0. The molecule has 14 nitrogen and oxygen atoms in total. The van der Waals surface area contributed by atoms with Crippen LogP contribution in [0.4, 0.5) is 24.5 Å². The van der Waals surface area contributed by atoms with Crippen LogP contribution in [0.1, 0.15) is 90.6 Å². The Bertz CT molecular complexity index is 2590. The number of halogens is 4. The topological polar surface area (TPSA) is 160 Å². The first-order chi connectivity index (χ1) is 27.0. The molecule has 3 aliphatic heterocycles. The molecule has 2 fully saturated rings. The summed E-state index contributed by atoms with van der Waals surface area (Å²) in [5, 5.41) is 17.8. The number of anilines is 2. The second kappa shape index (κ2) is 13.0. The SMILES string of the molecule is Cc1ncnc(C(=O)N2CCN(c3c4n(c5nc(-c6ccc7c(c6)COC7(C)C)nn5c3=O)[C@@H](C(=O)Nc3ccc(C(F)(F)F)cc3Cl)C[C@H]4C)[C@H]3CC[C@@H]32)c1O. The molecule has 2 aromatic carbocycles. The van der Waals surface area contributed by atoms with Gasteiger partial charge in [-0.15, -0.1) is 5.10 Å². The molecule has 57 heavy (non-hydrogen) atoms. The first-order valence-electron chi connectivity index (χ1n) is 18.6. The standard InChI is InChI=1S/C39H37ClF3N9O5/c1-18-13-28(34(54)46-25-8-6-22(15-24(25)40)39(41,42)43)51-30(18)31(49-11-12-50(27-10-9-26(27)49)35(55)29-32(53)19(2)44-17-45-29)36(56)52-37(51)47-33(48-52)20-5-7-23-21(14-20)16-57-38(23,3)4/h5-8,14-15,17-18,26-28,53H,9-13,16H2,1-4H3,(H,46,54)/t18-,26+,27+,28-/m1/s1. The number of rotatable bonds is 5. The third kappa shape index (κ3) is 5.84. The molecule has 296 valence electrons. The fourth-order valence-corrected chi connectivity index (χ4v) is 9.01. The van der Waals surface area contributed by atoms with Gasteiger partial charge < -0.3 is 25.0 Å². The number of fused-ring (bicyclic) bond motifs is 5. The largest absolute Gasteiger partial charge is 0.504 e. The predicted octanol–water partition coefficient (Wildman–Crippen LogP) is 5.98. The van der Waals surface area contributed by atoms with Crippen LogP contribution < -0.4 is 15.8 Å².